The Kier molecular flexibility index (Phi) is 5.50. The fourth-order valence-electron chi connectivity index (χ4n) is 3.99. The van der Waals surface area contributed by atoms with Gasteiger partial charge in [-0.3, -0.25) is 0 Å². The number of hydrogen-bond donors (Lipinski definition) is 1. The molecule has 2 N–H and O–H groups in total. The molecule has 1 aliphatic heterocycles. The van der Waals surface area contributed by atoms with Crippen LogP contribution >= 0.6 is 0 Å². The zero-order chi connectivity index (χ0) is 12.8. The summed E-state index contributed by atoms with van der Waals surface area (Å²) in [6.07, 6.45) is 12.6. The van der Waals surface area contributed by atoms with Gasteiger partial charge in [-0.1, -0.05) is 32.6 Å². The summed E-state index contributed by atoms with van der Waals surface area (Å²) in [7, 11) is 0. The van der Waals surface area contributed by atoms with E-state index in [1.165, 1.54) is 77.4 Å². The quantitative estimate of drug-likeness (QED) is 0.831. The molecule has 1 atom stereocenters. The highest BCUT2D eigenvalue weighted by Crippen LogP contribution is 2.36. The molecule has 1 saturated carbocycles. The lowest BCUT2D eigenvalue weighted by atomic mass is 9.73. The molecule has 2 heteroatoms. The van der Waals surface area contributed by atoms with E-state index in [4.69, 9.17) is 5.73 Å². The summed E-state index contributed by atoms with van der Waals surface area (Å²) >= 11 is 0. The second-order valence-corrected chi connectivity index (χ2v) is 6.75. The lowest BCUT2D eigenvalue weighted by Gasteiger charge is -2.40. The summed E-state index contributed by atoms with van der Waals surface area (Å²) < 4.78 is 0. The third kappa shape index (κ3) is 3.71. The van der Waals surface area contributed by atoms with Crippen molar-refractivity contribution in [3.05, 3.63) is 0 Å². The molecule has 0 radical (unpaired) electrons. The van der Waals surface area contributed by atoms with Crippen LogP contribution < -0.4 is 5.73 Å². The predicted octanol–water partition coefficient (Wildman–Crippen LogP) is 3.41. The molecule has 2 rings (SSSR count). The van der Waals surface area contributed by atoms with Crippen LogP contribution in [-0.2, 0) is 0 Å². The molecule has 0 spiro atoms. The van der Waals surface area contributed by atoms with E-state index in [0.29, 0.717) is 5.41 Å². The van der Waals surface area contributed by atoms with E-state index in [9.17, 15) is 0 Å². The van der Waals surface area contributed by atoms with Crippen LogP contribution in [0.1, 0.15) is 64.7 Å². The summed E-state index contributed by atoms with van der Waals surface area (Å²) in [5.74, 6) is 0.982. The smallest absolute Gasteiger partial charge is 0.00501 e. The fraction of sp³-hybridized carbons (Fsp3) is 1.00. The first kappa shape index (κ1) is 14.3. The topological polar surface area (TPSA) is 29.3 Å². The molecule has 0 amide bonds. The minimum Gasteiger partial charge on any atom is -0.330 e. The molecule has 0 bridgehead atoms. The Balaban J connectivity index is 1.87. The van der Waals surface area contributed by atoms with Gasteiger partial charge >= 0.3 is 0 Å². The summed E-state index contributed by atoms with van der Waals surface area (Å²) in [4.78, 5) is 2.73. The van der Waals surface area contributed by atoms with Gasteiger partial charge in [0.25, 0.3) is 0 Å². The largest absolute Gasteiger partial charge is 0.330 e. The summed E-state index contributed by atoms with van der Waals surface area (Å²) in [6, 6.07) is 0. The second kappa shape index (κ2) is 6.91. The van der Waals surface area contributed by atoms with E-state index in [0.717, 1.165) is 12.5 Å². The Morgan fingerprint density at radius 2 is 1.83 bits per heavy atom. The van der Waals surface area contributed by atoms with E-state index in [1.54, 1.807) is 0 Å². The molecule has 0 aromatic carbocycles. The van der Waals surface area contributed by atoms with Crippen molar-refractivity contribution in [2.75, 3.05) is 26.2 Å². The van der Waals surface area contributed by atoms with E-state index in [2.05, 4.69) is 11.8 Å². The minimum absolute atomic E-state index is 0.463. The molecule has 18 heavy (non-hydrogen) atoms. The first-order chi connectivity index (χ1) is 8.78. The van der Waals surface area contributed by atoms with Crippen molar-refractivity contribution >= 4 is 0 Å². The van der Waals surface area contributed by atoms with Gasteiger partial charge in [0.1, 0.15) is 0 Å². The molecule has 1 aliphatic carbocycles. The summed E-state index contributed by atoms with van der Waals surface area (Å²) in [5.41, 5.74) is 6.58. The SMILES string of the molecule is CCC1CCCN(CC2(CN)CCCCC2)CC1. The number of nitrogens with two attached hydrogens (primary N) is 1. The van der Waals surface area contributed by atoms with Gasteiger partial charge in [0.05, 0.1) is 0 Å². The third-order valence-corrected chi connectivity index (χ3v) is 5.42. The number of hydrogen-bond acceptors (Lipinski definition) is 2. The van der Waals surface area contributed by atoms with Crippen molar-refractivity contribution in [1.82, 2.24) is 4.90 Å². The first-order valence-corrected chi connectivity index (χ1v) is 8.20. The molecule has 106 valence electrons. The van der Waals surface area contributed by atoms with Crippen molar-refractivity contribution in [3.8, 4) is 0 Å². The molecule has 1 saturated heterocycles. The maximum atomic E-state index is 6.12. The van der Waals surface area contributed by atoms with E-state index < -0.39 is 0 Å². The standard InChI is InChI=1S/C16H32N2/c1-2-15-7-6-11-18(12-8-15)14-16(13-17)9-4-3-5-10-16/h15H,2-14,17H2,1H3. The van der Waals surface area contributed by atoms with Crippen LogP contribution in [0.5, 0.6) is 0 Å². The van der Waals surface area contributed by atoms with Crippen molar-refractivity contribution in [3.63, 3.8) is 0 Å². The van der Waals surface area contributed by atoms with Crippen LogP contribution in [0, 0.1) is 11.3 Å². The monoisotopic (exact) mass is 252 g/mol. The minimum atomic E-state index is 0.463. The summed E-state index contributed by atoms with van der Waals surface area (Å²) in [6.45, 7) is 7.17. The number of nitrogens with zero attached hydrogens (tertiary/aromatic N) is 1. The van der Waals surface area contributed by atoms with Gasteiger partial charge in [0.2, 0.25) is 0 Å². The average molecular weight is 252 g/mol. The second-order valence-electron chi connectivity index (χ2n) is 6.75. The third-order valence-electron chi connectivity index (χ3n) is 5.42. The Labute approximate surface area is 113 Å². The van der Waals surface area contributed by atoms with Gasteiger partial charge in [-0.25, -0.2) is 0 Å². The van der Waals surface area contributed by atoms with Gasteiger partial charge < -0.3 is 10.6 Å². The molecule has 0 aromatic heterocycles. The first-order valence-electron chi connectivity index (χ1n) is 8.20. The maximum Gasteiger partial charge on any atom is 0.00501 e. The number of rotatable bonds is 4. The van der Waals surface area contributed by atoms with E-state index in [1.807, 2.05) is 0 Å². The van der Waals surface area contributed by atoms with E-state index >= 15 is 0 Å². The zero-order valence-corrected chi connectivity index (χ0v) is 12.3. The van der Waals surface area contributed by atoms with Crippen molar-refractivity contribution in [2.45, 2.75) is 64.7 Å². The normalized spacial score (nSPS) is 30.0. The maximum absolute atomic E-state index is 6.12. The highest BCUT2D eigenvalue weighted by atomic mass is 15.1. The van der Waals surface area contributed by atoms with Gasteiger partial charge in [-0.15, -0.1) is 0 Å². The molecule has 1 unspecified atom stereocenters. The molecule has 0 aromatic rings. The van der Waals surface area contributed by atoms with Crippen molar-refractivity contribution in [2.24, 2.45) is 17.1 Å². The molecular formula is C16H32N2. The Morgan fingerprint density at radius 1 is 1.06 bits per heavy atom. The fourth-order valence-corrected chi connectivity index (χ4v) is 3.99. The molecule has 2 nitrogen and oxygen atoms in total. The van der Waals surface area contributed by atoms with Gasteiger partial charge in [0.15, 0.2) is 0 Å². The molecule has 2 aliphatic rings. The Morgan fingerprint density at radius 3 is 2.50 bits per heavy atom. The predicted molar refractivity (Wildman–Crippen MR) is 78.6 cm³/mol. The van der Waals surface area contributed by atoms with Crippen LogP contribution in [0.2, 0.25) is 0 Å². The molecular weight excluding hydrogens is 220 g/mol. The highest BCUT2D eigenvalue weighted by Gasteiger charge is 2.33. The van der Waals surface area contributed by atoms with Crippen LogP contribution in [0.25, 0.3) is 0 Å². The zero-order valence-electron chi connectivity index (χ0n) is 12.3. The number of likely N-dealkylation sites (tertiary alicyclic amines) is 1. The lowest BCUT2D eigenvalue weighted by Crippen LogP contribution is -2.44. The molecule has 2 fully saturated rings. The van der Waals surface area contributed by atoms with Gasteiger partial charge in [0, 0.05) is 6.54 Å². The van der Waals surface area contributed by atoms with Crippen molar-refractivity contribution < 1.29 is 0 Å². The summed E-state index contributed by atoms with van der Waals surface area (Å²) in [5, 5.41) is 0. The highest BCUT2D eigenvalue weighted by molar-refractivity contribution is 4.87. The Bertz CT molecular complexity index is 233. The van der Waals surface area contributed by atoms with Crippen LogP contribution in [0.4, 0.5) is 0 Å². The van der Waals surface area contributed by atoms with Gasteiger partial charge in [-0.2, -0.15) is 0 Å². The lowest BCUT2D eigenvalue weighted by molar-refractivity contribution is 0.113. The molecule has 1 heterocycles. The van der Waals surface area contributed by atoms with Gasteiger partial charge in [-0.05, 0) is 63.1 Å². The van der Waals surface area contributed by atoms with E-state index in [-0.39, 0.29) is 0 Å². The van der Waals surface area contributed by atoms with Crippen LogP contribution in [0.15, 0.2) is 0 Å². The Hall–Kier alpha value is -0.0800. The van der Waals surface area contributed by atoms with Crippen LogP contribution in [0.3, 0.4) is 0 Å². The van der Waals surface area contributed by atoms with Crippen LogP contribution in [-0.4, -0.2) is 31.1 Å². The average Bonchev–Trinajstić information content (AvgIpc) is 2.65. The van der Waals surface area contributed by atoms with Crippen molar-refractivity contribution in [1.29, 1.82) is 0 Å².